The molecule has 0 bridgehead atoms. The van der Waals surface area contributed by atoms with E-state index in [1.807, 2.05) is 6.92 Å². The van der Waals surface area contributed by atoms with Gasteiger partial charge in [-0.05, 0) is 28.4 Å². The Morgan fingerprint density at radius 2 is 2.19 bits per heavy atom. The Bertz CT molecular complexity index is 447. The fourth-order valence-electron chi connectivity index (χ4n) is 1.05. The van der Waals surface area contributed by atoms with E-state index in [1.165, 1.54) is 12.3 Å². The summed E-state index contributed by atoms with van der Waals surface area (Å²) in [7, 11) is -3.48. The van der Waals surface area contributed by atoms with Crippen molar-refractivity contribution in [3.05, 3.63) is 22.9 Å². The summed E-state index contributed by atoms with van der Waals surface area (Å²) in [4.78, 5) is 4.00. The van der Waals surface area contributed by atoms with Gasteiger partial charge in [0, 0.05) is 28.2 Å². The van der Waals surface area contributed by atoms with Crippen LogP contribution in [0.4, 0.5) is 0 Å². The molecule has 4 nitrogen and oxygen atoms in total. The zero-order valence-corrected chi connectivity index (χ0v) is 12.6. The average Bonchev–Trinajstić information content (AvgIpc) is 2.26. The first-order valence-corrected chi connectivity index (χ1v) is 8.08. The summed E-state index contributed by atoms with van der Waals surface area (Å²) >= 11 is 6.45. The molecule has 0 aliphatic carbocycles. The van der Waals surface area contributed by atoms with E-state index in [0.717, 1.165) is 6.42 Å². The molecule has 1 aromatic heterocycles. The van der Waals surface area contributed by atoms with Crippen LogP contribution in [0.15, 0.2) is 27.8 Å². The van der Waals surface area contributed by atoms with Crippen LogP contribution < -0.4 is 4.72 Å². The van der Waals surface area contributed by atoms with E-state index in [2.05, 4.69) is 41.6 Å². The van der Waals surface area contributed by atoms with E-state index in [4.69, 9.17) is 0 Å². The highest BCUT2D eigenvalue weighted by Gasteiger charge is 2.18. The molecule has 0 aliphatic heterocycles. The van der Waals surface area contributed by atoms with Gasteiger partial charge in [0.1, 0.15) is 4.90 Å². The van der Waals surface area contributed by atoms with Gasteiger partial charge in [0.25, 0.3) is 0 Å². The van der Waals surface area contributed by atoms with Crippen LogP contribution in [-0.4, -0.2) is 24.8 Å². The highest BCUT2D eigenvalue weighted by molar-refractivity contribution is 9.10. The van der Waals surface area contributed by atoms with Gasteiger partial charge in [-0.1, -0.05) is 22.9 Å². The van der Waals surface area contributed by atoms with E-state index in [9.17, 15) is 8.42 Å². The van der Waals surface area contributed by atoms with E-state index in [-0.39, 0.29) is 10.9 Å². The summed E-state index contributed by atoms with van der Waals surface area (Å²) in [5.41, 5.74) is 0. The van der Waals surface area contributed by atoms with Crippen molar-refractivity contribution in [3.63, 3.8) is 0 Å². The van der Waals surface area contributed by atoms with Gasteiger partial charge < -0.3 is 0 Å². The van der Waals surface area contributed by atoms with Gasteiger partial charge in [-0.2, -0.15) is 0 Å². The number of hydrogen-bond acceptors (Lipinski definition) is 3. The van der Waals surface area contributed by atoms with Crippen LogP contribution in [0.2, 0.25) is 0 Å². The molecule has 0 aliphatic rings. The molecule has 1 unspecified atom stereocenters. The smallest absolute Gasteiger partial charge is 0.242 e. The number of rotatable bonds is 5. The molecule has 0 radical (unpaired) electrons. The molecule has 90 valence electrons. The highest BCUT2D eigenvalue weighted by Crippen LogP contribution is 2.15. The largest absolute Gasteiger partial charge is 0.262 e. The zero-order chi connectivity index (χ0) is 12.2. The zero-order valence-electron chi connectivity index (χ0n) is 8.65. The molecule has 16 heavy (non-hydrogen) atoms. The molecular formula is C9H12Br2N2O2S. The topological polar surface area (TPSA) is 59.1 Å². The van der Waals surface area contributed by atoms with Crippen LogP contribution in [0, 0.1) is 0 Å². The molecule has 0 saturated heterocycles. The lowest BCUT2D eigenvalue weighted by Crippen LogP contribution is -2.35. The third-order valence-electron chi connectivity index (χ3n) is 1.99. The number of halogens is 2. The molecule has 0 amide bonds. The number of nitrogens with zero attached hydrogens (tertiary/aromatic N) is 1. The van der Waals surface area contributed by atoms with Crippen LogP contribution in [-0.2, 0) is 10.0 Å². The molecule has 1 aromatic rings. The molecule has 7 heteroatoms. The standard InChI is InChI=1S/C9H12Br2N2O2S/c1-2-8(4-10)13-16(14,15)9-3-7(11)5-12-6-9/h3,5-6,8,13H,2,4H2,1H3. The van der Waals surface area contributed by atoms with Gasteiger partial charge in [-0.15, -0.1) is 0 Å². The summed E-state index contributed by atoms with van der Waals surface area (Å²) in [5, 5.41) is 0.587. The molecule has 1 rings (SSSR count). The van der Waals surface area contributed by atoms with Gasteiger partial charge >= 0.3 is 0 Å². The van der Waals surface area contributed by atoms with Crippen molar-refractivity contribution in [3.8, 4) is 0 Å². The number of hydrogen-bond donors (Lipinski definition) is 1. The minimum atomic E-state index is -3.48. The maximum atomic E-state index is 11.9. The predicted molar refractivity (Wildman–Crippen MR) is 70.1 cm³/mol. The van der Waals surface area contributed by atoms with Gasteiger partial charge in [0.05, 0.1) is 0 Å². The first-order valence-electron chi connectivity index (χ1n) is 4.68. The van der Waals surface area contributed by atoms with Crippen LogP contribution >= 0.6 is 31.9 Å². The van der Waals surface area contributed by atoms with Gasteiger partial charge in [0.2, 0.25) is 10.0 Å². The second-order valence-corrected chi connectivity index (χ2v) is 6.50. The van der Waals surface area contributed by atoms with E-state index >= 15 is 0 Å². The fraction of sp³-hybridized carbons (Fsp3) is 0.444. The van der Waals surface area contributed by atoms with E-state index in [0.29, 0.717) is 9.80 Å². The van der Waals surface area contributed by atoms with E-state index < -0.39 is 10.0 Å². The summed E-state index contributed by atoms with van der Waals surface area (Å²) in [6.07, 6.45) is 3.60. The van der Waals surface area contributed by atoms with Crippen LogP contribution in [0.25, 0.3) is 0 Å². The fourth-order valence-corrected chi connectivity index (χ4v) is 3.71. The molecule has 1 atom stereocenters. The van der Waals surface area contributed by atoms with Crippen LogP contribution in [0.3, 0.4) is 0 Å². The quantitative estimate of drug-likeness (QED) is 0.808. The lowest BCUT2D eigenvalue weighted by atomic mass is 10.3. The minimum Gasteiger partial charge on any atom is -0.262 e. The van der Waals surface area contributed by atoms with Gasteiger partial charge in [0.15, 0.2) is 0 Å². The minimum absolute atomic E-state index is 0.107. The van der Waals surface area contributed by atoms with Crippen molar-refractivity contribution in [2.45, 2.75) is 24.3 Å². The van der Waals surface area contributed by atoms with Crippen molar-refractivity contribution >= 4 is 41.9 Å². The second kappa shape index (κ2) is 6.09. The Kier molecular flexibility index (Phi) is 5.36. The number of nitrogens with one attached hydrogen (secondary N) is 1. The Labute approximate surface area is 112 Å². The number of aromatic nitrogens is 1. The molecule has 0 spiro atoms. The van der Waals surface area contributed by atoms with Crippen molar-refractivity contribution in [1.82, 2.24) is 9.71 Å². The SMILES string of the molecule is CCC(CBr)NS(=O)(=O)c1cncc(Br)c1. The molecule has 0 aromatic carbocycles. The summed E-state index contributed by atoms with van der Waals surface area (Å²) in [5.74, 6) is 0. The molecule has 1 N–H and O–H groups in total. The van der Waals surface area contributed by atoms with Gasteiger partial charge in [-0.3, -0.25) is 4.98 Å². The van der Waals surface area contributed by atoms with Crippen molar-refractivity contribution in [1.29, 1.82) is 0 Å². The van der Waals surface area contributed by atoms with Gasteiger partial charge in [-0.25, -0.2) is 13.1 Å². The lowest BCUT2D eigenvalue weighted by molar-refractivity contribution is 0.558. The third-order valence-corrected chi connectivity index (χ3v) is 4.69. The Morgan fingerprint density at radius 3 is 2.69 bits per heavy atom. The van der Waals surface area contributed by atoms with Crippen molar-refractivity contribution in [2.75, 3.05) is 5.33 Å². The predicted octanol–water partition coefficient (Wildman–Crippen LogP) is 2.30. The monoisotopic (exact) mass is 370 g/mol. The Hall–Kier alpha value is 0.0200. The van der Waals surface area contributed by atoms with Crippen molar-refractivity contribution < 1.29 is 8.42 Å². The first kappa shape index (κ1) is 14.1. The molecule has 0 fully saturated rings. The van der Waals surface area contributed by atoms with Crippen LogP contribution in [0.5, 0.6) is 0 Å². The van der Waals surface area contributed by atoms with E-state index in [1.54, 1.807) is 6.20 Å². The number of pyridine rings is 1. The molecule has 1 heterocycles. The second-order valence-electron chi connectivity index (χ2n) is 3.22. The Balaban J connectivity index is 2.94. The first-order chi connectivity index (χ1) is 7.49. The van der Waals surface area contributed by atoms with Crippen LogP contribution in [0.1, 0.15) is 13.3 Å². The summed E-state index contributed by atoms with van der Waals surface area (Å²) in [6.45, 7) is 1.92. The summed E-state index contributed by atoms with van der Waals surface area (Å²) in [6, 6.07) is 1.42. The number of alkyl halides is 1. The molecule has 0 saturated carbocycles. The van der Waals surface area contributed by atoms with Crippen molar-refractivity contribution in [2.24, 2.45) is 0 Å². The Morgan fingerprint density at radius 1 is 1.50 bits per heavy atom. The lowest BCUT2D eigenvalue weighted by Gasteiger charge is -2.14. The third kappa shape index (κ3) is 3.80. The highest BCUT2D eigenvalue weighted by atomic mass is 79.9. The number of sulfonamides is 1. The normalized spacial score (nSPS) is 13.7. The maximum absolute atomic E-state index is 11.9. The maximum Gasteiger partial charge on any atom is 0.242 e. The molecular weight excluding hydrogens is 360 g/mol. The average molecular weight is 372 g/mol. The summed E-state index contributed by atoms with van der Waals surface area (Å²) < 4.78 is 27.1.